The van der Waals surface area contributed by atoms with Crippen LogP contribution in [-0.4, -0.2) is 34.1 Å². The van der Waals surface area contributed by atoms with E-state index in [1.165, 1.54) is 11.1 Å². The summed E-state index contributed by atoms with van der Waals surface area (Å²) >= 11 is 0. The molecule has 1 atom stereocenters. The highest BCUT2D eigenvalue weighted by Gasteiger charge is 2.25. The minimum atomic E-state index is 0. The van der Waals surface area contributed by atoms with Gasteiger partial charge in [0, 0.05) is 18.3 Å². The third-order valence-corrected chi connectivity index (χ3v) is 5.30. The number of para-hydroxylation sites is 1. The molecular weight excluding hydrogens is 383 g/mol. The van der Waals surface area contributed by atoms with Gasteiger partial charge in [0.2, 0.25) is 0 Å². The van der Waals surface area contributed by atoms with Crippen molar-refractivity contribution in [2.24, 2.45) is 0 Å². The second-order valence-electron chi connectivity index (χ2n) is 7.04. The van der Waals surface area contributed by atoms with Crippen LogP contribution in [-0.2, 0) is 19.4 Å². The molecule has 0 aliphatic carbocycles. The van der Waals surface area contributed by atoms with Crippen molar-refractivity contribution in [1.82, 2.24) is 14.5 Å². The highest BCUT2D eigenvalue weighted by atomic mass is 35.5. The lowest BCUT2D eigenvalue weighted by molar-refractivity contribution is 0.211. The average Bonchev–Trinajstić information content (AvgIpc) is 2.94. The third kappa shape index (κ3) is 4.32. The zero-order valence-electron chi connectivity index (χ0n) is 15.4. The summed E-state index contributed by atoms with van der Waals surface area (Å²) in [6, 6.07) is 14.6. The number of benzene rings is 2. The van der Waals surface area contributed by atoms with Crippen LogP contribution in [0.25, 0.3) is 11.0 Å². The Balaban J connectivity index is 0.00000131. The van der Waals surface area contributed by atoms with E-state index in [1.54, 1.807) is 0 Å². The Morgan fingerprint density at radius 1 is 1.19 bits per heavy atom. The maximum absolute atomic E-state index is 12.2. The van der Waals surface area contributed by atoms with E-state index in [4.69, 9.17) is 5.73 Å². The molecule has 146 valence electrons. The lowest BCUT2D eigenvalue weighted by Gasteiger charge is -2.31. The number of nitrogens with one attached hydrogen (secondary N) is 1. The van der Waals surface area contributed by atoms with Gasteiger partial charge in [0.05, 0.1) is 11.0 Å². The summed E-state index contributed by atoms with van der Waals surface area (Å²) in [6.07, 6.45) is 3.13. The highest BCUT2D eigenvalue weighted by Crippen LogP contribution is 2.24. The molecule has 1 aromatic heterocycles. The van der Waals surface area contributed by atoms with E-state index in [1.807, 2.05) is 28.8 Å². The van der Waals surface area contributed by atoms with E-state index in [2.05, 4.69) is 35.1 Å². The molecule has 5 nitrogen and oxygen atoms in total. The van der Waals surface area contributed by atoms with Gasteiger partial charge in [-0.1, -0.05) is 24.3 Å². The van der Waals surface area contributed by atoms with Gasteiger partial charge in [-0.3, -0.25) is 4.57 Å². The summed E-state index contributed by atoms with van der Waals surface area (Å²) < 4.78 is 1.90. The number of hydrogen-bond acceptors (Lipinski definition) is 3. The molecule has 0 amide bonds. The first kappa shape index (κ1) is 21.4. The number of rotatable bonds is 5. The van der Waals surface area contributed by atoms with Gasteiger partial charge in [0.25, 0.3) is 0 Å². The van der Waals surface area contributed by atoms with Crippen molar-refractivity contribution in [3.8, 4) is 0 Å². The largest absolute Gasteiger partial charge is 0.399 e. The fourth-order valence-electron chi connectivity index (χ4n) is 3.86. The summed E-state index contributed by atoms with van der Waals surface area (Å²) in [7, 11) is 2.16. The summed E-state index contributed by atoms with van der Waals surface area (Å²) in [6.45, 7) is 1.77. The number of H-pyrrole nitrogens is 1. The summed E-state index contributed by atoms with van der Waals surface area (Å²) in [5, 5.41) is 0. The van der Waals surface area contributed by atoms with Gasteiger partial charge in [0.15, 0.2) is 0 Å². The molecule has 4 rings (SSSR count). The lowest BCUT2D eigenvalue weighted by Crippen LogP contribution is -2.42. The van der Waals surface area contributed by atoms with Crippen LogP contribution < -0.4 is 11.4 Å². The van der Waals surface area contributed by atoms with Crippen molar-refractivity contribution in [2.45, 2.75) is 31.8 Å². The predicted molar refractivity (Wildman–Crippen MR) is 116 cm³/mol. The normalized spacial score (nSPS) is 15.4. The number of halogens is 2. The van der Waals surface area contributed by atoms with Gasteiger partial charge in [0.1, 0.15) is 0 Å². The Labute approximate surface area is 171 Å². The van der Waals surface area contributed by atoms with E-state index in [9.17, 15) is 4.79 Å². The molecule has 3 N–H and O–H groups in total. The first-order valence-electron chi connectivity index (χ1n) is 8.87. The third-order valence-electron chi connectivity index (χ3n) is 5.30. The maximum atomic E-state index is 12.2. The quantitative estimate of drug-likeness (QED) is 0.636. The molecule has 1 aliphatic heterocycles. The van der Waals surface area contributed by atoms with Crippen LogP contribution in [0.4, 0.5) is 5.69 Å². The van der Waals surface area contributed by atoms with E-state index < -0.39 is 0 Å². The first-order valence-corrected chi connectivity index (χ1v) is 8.87. The Bertz CT molecular complexity index is 949. The van der Waals surface area contributed by atoms with Crippen LogP contribution in [0.5, 0.6) is 0 Å². The van der Waals surface area contributed by atoms with Crippen molar-refractivity contribution < 1.29 is 0 Å². The minimum absolute atomic E-state index is 0. The highest BCUT2D eigenvalue weighted by molar-refractivity contribution is 5.85. The van der Waals surface area contributed by atoms with Crippen molar-refractivity contribution in [3.63, 3.8) is 0 Å². The van der Waals surface area contributed by atoms with Crippen LogP contribution >= 0.6 is 24.8 Å². The fraction of sp³-hybridized carbons (Fsp3) is 0.350. The monoisotopic (exact) mass is 408 g/mol. The molecule has 7 heteroatoms. The van der Waals surface area contributed by atoms with Gasteiger partial charge >= 0.3 is 5.69 Å². The minimum Gasteiger partial charge on any atom is -0.399 e. The number of nitrogens with zero attached hydrogens (tertiary/aromatic N) is 2. The standard InChI is InChI=1S/C20H24N4O.2ClH/c1-23(11-3-4-14-7-9-16(21)10-8-14)17-12-15-5-2-6-18-19(15)24(13-17)20(25)22-18;;/h2,5-10,17H,3-4,11-13,21H2,1H3,(H,22,25);2*1H/t17-;;/m1../s1. The van der Waals surface area contributed by atoms with Gasteiger partial charge < -0.3 is 15.6 Å². The molecule has 0 bridgehead atoms. The summed E-state index contributed by atoms with van der Waals surface area (Å²) in [5.41, 5.74) is 11.2. The number of anilines is 1. The van der Waals surface area contributed by atoms with Crippen LogP contribution in [0.15, 0.2) is 47.3 Å². The average molecular weight is 409 g/mol. The number of aromatic amines is 1. The van der Waals surface area contributed by atoms with Crippen molar-refractivity contribution >= 4 is 41.5 Å². The lowest BCUT2D eigenvalue weighted by atomic mass is 9.99. The predicted octanol–water partition coefficient (Wildman–Crippen LogP) is 3.24. The number of imidazole rings is 1. The summed E-state index contributed by atoms with van der Waals surface area (Å²) in [4.78, 5) is 17.6. The molecule has 0 unspecified atom stereocenters. The SMILES string of the molecule is CN(CCCc1ccc(N)cc1)[C@@H]1Cc2cccc3[nH]c(=O)n(c23)C1.Cl.Cl. The van der Waals surface area contributed by atoms with Crippen molar-refractivity contribution in [1.29, 1.82) is 0 Å². The molecule has 2 heterocycles. The molecule has 0 saturated carbocycles. The summed E-state index contributed by atoms with van der Waals surface area (Å²) in [5.74, 6) is 0. The van der Waals surface area contributed by atoms with E-state index >= 15 is 0 Å². The Hall–Kier alpha value is -1.95. The molecule has 0 saturated heterocycles. The van der Waals surface area contributed by atoms with E-state index in [0.717, 1.165) is 49.1 Å². The number of aryl methyl sites for hydroxylation is 1. The molecule has 1 aliphatic rings. The second kappa shape index (κ2) is 8.83. The van der Waals surface area contributed by atoms with Gasteiger partial charge in [-0.05, 0) is 62.2 Å². The van der Waals surface area contributed by atoms with Crippen molar-refractivity contribution in [2.75, 3.05) is 19.3 Å². The van der Waals surface area contributed by atoms with E-state index in [0.29, 0.717) is 6.04 Å². The Morgan fingerprint density at radius 3 is 2.67 bits per heavy atom. The molecule has 0 spiro atoms. The van der Waals surface area contributed by atoms with Crippen LogP contribution in [0.2, 0.25) is 0 Å². The van der Waals surface area contributed by atoms with Crippen LogP contribution in [0.1, 0.15) is 17.5 Å². The molecule has 3 aromatic rings. The number of hydrogen-bond donors (Lipinski definition) is 2. The maximum Gasteiger partial charge on any atom is 0.326 e. The van der Waals surface area contributed by atoms with Crippen LogP contribution in [0.3, 0.4) is 0 Å². The van der Waals surface area contributed by atoms with Gasteiger partial charge in [-0.15, -0.1) is 24.8 Å². The molecule has 2 aromatic carbocycles. The zero-order valence-corrected chi connectivity index (χ0v) is 17.0. The fourth-order valence-corrected chi connectivity index (χ4v) is 3.86. The Morgan fingerprint density at radius 2 is 1.93 bits per heavy atom. The van der Waals surface area contributed by atoms with E-state index in [-0.39, 0.29) is 30.5 Å². The van der Waals surface area contributed by atoms with Gasteiger partial charge in [-0.2, -0.15) is 0 Å². The van der Waals surface area contributed by atoms with Crippen molar-refractivity contribution in [3.05, 3.63) is 64.1 Å². The van der Waals surface area contributed by atoms with Crippen LogP contribution in [0, 0.1) is 0 Å². The number of likely N-dealkylation sites (N-methyl/N-ethyl adjacent to an activating group) is 1. The zero-order chi connectivity index (χ0) is 17.4. The molecule has 27 heavy (non-hydrogen) atoms. The molecule has 0 fully saturated rings. The molecule has 0 radical (unpaired) electrons. The topological polar surface area (TPSA) is 67.0 Å². The number of nitrogens with two attached hydrogens (primary N) is 1. The number of aromatic nitrogens is 2. The smallest absolute Gasteiger partial charge is 0.326 e. The van der Waals surface area contributed by atoms with Gasteiger partial charge in [-0.25, -0.2) is 4.79 Å². The number of nitrogen functional groups attached to an aromatic ring is 1. The molecular formula is C20H26Cl2N4O. The first-order chi connectivity index (χ1) is 12.1. The Kier molecular flexibility index (Phi) is 6.98. The second-order valence-corrected chi connectivity index (χ2v) is 7.04.